The fourth-order valence-electron chi connectivity index (χ4n) is 11.0. The van der Waals surface area contributed by atoms with Gasteiger partial charge in [0.2, 0.25) is 35.5 Å². The van der Waals surface area contributed by atoms with Crippen LogP contribution in [-0.2, 0) is 46.4 Å². The molecule has 3 aliphatic heterocycles. The van der Waals surface area contributed by atoms with E-state index < -0.39 is 18.1 Å². The molecule has 0 radical (unpaired) electrons. The zero-order valence-corrected chi connectivity index (χ0v) is 45.8. The number of aromatic hydroxyl groups is 1. The molecule has 2 saturated heterocycles. The van der Waals surface area contributed by atoms with E-state index in [1.807, 2.05) is 48.5 Å². The Morgan fingerprint density at radius 2 is 1.59 bits per heavy atom. The second kappa shape index (κ2) is 27.5. The topological polar surface area (TPSA) is 249 Å². The summed E-state index contributed by atoms with van der Waals surface area (Å²) < 4.78 is 15.5. The van der Waals surface area contributed by atoms with E-state index in [9.17, 15) is 29.1 Å². The maximum Gasteiger partial charge on any atom is 0.247 e. The summed E-state index contributed by atoms with van der Waals surface area (Å²) in [5, 5.41) is 32.9. The maximum absolute atomic E-state index is 14.4. The summed E-state index contributed by atoms with van der Waals surface area (Å²) >= 11 is 1.10. The van der Waals surface area contributed by atoms with Crippen LogP contribution in [0.3, 0.4) is 0 Å². The summed E-state index contributed by atoms with van der Waals surface area (Å²) in [5.41, 5.74) is 4.27. The van der Waals surface area contributed by atoms with Gasteiger partial charge in [0, 0.05) is 105 Å². The molecule has 21 nitrogen and oxygen atoms in total. The molecule has 6 N–H and O–H groups in total. The van der Waals surface area contributed by atoms with Crippen LogP contribution in [0.4, 0.5) is 22.5 Å². The lowest BCUT2D eigenvalue weighted by Gasteiger charge is -2.38. The number of hydrogen-bond acceptors (Lipinski definition) is 17. The molecule has 3 aromatic carbocycles. The molecule has 9 rings (SSSR count). The molecule has 1 saturated carbocycles. The smallest absolute Gasteiger partial charge is 0.247 e. The van der Waals surface area contributed by atoms with Crippen molar-refractivity contribution in [2.24, 2.45) is 5.92 Å². The number of nitrogens with zero attached hydrogens (tertiary/aromatic N) is 8. The van der Waals surface area contributed by atoms with Crippen LogP contribution >= 0.6 is 11.5 Å². The molecule has 1 aliphatic carbocycles. The minimum Gasteiger partial charge on any atom is -0.508 e. The number of phenolic OH excluding ortho intramolecular Hbond substituents is 1. The fourth-order valence-corrected chi connectivity index (χ4v) is 11.6. The van der Waals surface area contributed by atoms with Gasteiger partial charge >= 0.3 is 0 Å². The van der Waals surface area contributed by atoms with Gasteiger partial charge in [0.25, 0.3) is 0 Å². The minimum atomic E-state index is -0.738. The van der Waals surface area contributed by atoms with E-state index in [1.165, 1.54) is 6.08 Å². The molecule has 5 amide bonds. The molecule has 2 aromatic heterocycles. The van der Waals surface area contributed by atoms with Crippen LogP contribution in [0.1, 0.15) is 69.5 Å². The van der Waals surface area contributed by atoms with Gasteiger partial charge in [-0.2, -0.15) is 4.98 Å². The lowest BCUT2D eigenvalue weighted by molar-refractivity contribution is -0.142. The number of nitrogens with one attached hydrogen (secondary N) is 5. The highest BCUT2D eigenvalue weighted by Gasteiger charge is 2.41. The second-order valence-electron chi connectivity index (χ2n) is 20.5. The van der Waals surface area contributed by atoms with Crippen molar-refractivity contribution in [3.8, 4) is 17.0 Å². The Morgan fingerprint density at radius 1 is 0.835 bits per heavy atom. The van der Waals surface area contributed by atoms with Crippen LogP contribution in [-0.4, -0.2) is 167 Å². The highest BCUT2D eigenvalue weighted by Crippen LogP contribution is 2.37. The van der Waals surface area contributed by atoms with Gasteiger partial charge in [-0.1, -0.05) is 84.9 Å². The number of carbonyl (C=O) groups is 5. The molecule has 3 atom stereocenters. The molecule has 420 valence electrons. The van der Waals surface area contributed by atoms with E-state index >= 15 is 0 Å². The molecule has 3 fully saturated rings. The molecular formula is C57H73N13O8S. The van der Waals surface area contributed by atoms with E-state index in [1.54, 1.807) is 28.9 Å². The largest absolute Gasteiger partial charge is 0.508 e. The number of fused-ring (bicyclic) bond motifs is 2. The van der Waals surface area contributed by atoms with E-state index in [4.69, 9.17) is 19.4 Å². The summed E-state index contributed by atoms with van der Waals surface area (Å²) in [6.45, 7) is 11.7. The lowest BCUT2D eigenvalue weighted by Crippen LogP contribution is -2.58. The number of likely N-dealkylation sites (tertiary alicyclic amines) is 1. The molecule has 5 heterocycles. The van der Waals surface area contributed by atoms with E-state index in [2.05, 4.69) is 58.6 Å². The number of ether oxygens (including phenoxy) is 2. The fraction of sp³-hybridized carbons (Fsp3) is 0.491. The van der Waals surface area contributed by atoms with Gasteiger partial charge in [-0.05, 0) is 62.5 Å². The average molecular weight is 1100 g/mol. The van der Waals surface area contributed by atoms with Crippen LogP contribution in [0.2, 0.25) is 0 Å². The zero-order chi connectivity index (χ0) is 55.1. The lowest BCUT2D eigenvalue weighted by atomic mass is 9.83. The summed E-state index contributed by atoms with van der Waals surface area (Å²) in [5.74, 6) is 0.389. The third-order valence-electron chi connectivity index (χ3n) is 15.2. The van der Waals surface area contributed by atoms with Crippen molar-refractivity contribution < 1.29 is 38.6 Å². The Bertz CT molecular complexity index is 2910. The first-order valence-corrected chi connectivity index (χ1v) is 28.5. The van der Waals surface area contributed by atoms with Gasteiger partial charge in [0.05, 0.1) is 44.7 Å². The van der Waals surface area contributed by atoms with Crippen molar-refractivity contribution in [3.05, 3.63) is 90.6 Å². The number of carbonyl (C=O) groups excluding carboxylic acids is 5. The van der Waals surface area contributed by atoms with E-state index in [0.717, 1.165) is 82.7 Å². The number of phenols is 1. The number of rotatable bonds is 24. The molecular weight excluding hydrogens is 1030 g/mol. The Labute approximate surface area is 465 Å². The summed E-state index contributed by atoms with van der Waals surface area (Å²) in [6, 6.07) is 19.1. The van der Waals surface area contributed by atoms with Gasteiger partial charge in [-0.3, -0.25) is 24.0 Å². The van der Waals surface area contributed by atoms with E-state index in [-0.39, 0.29) is 47.6 Å². The van der Waals surface area contributed by atoms with Gasteiger partial charge in [-0.25, -0.2) is 4.98 Å². The minimum absolute atomic E-state index is 0.0219. The molecule has 0 spiro atoms. The Morgan fingerprint density at radius 3 is 2.38 bits per heavy atom. The van der Waals surface area contributed by atoms with Crippen molar-refractivity contribution in [2.45, 2.75) is 89.4 Å². The number of amides is 5. The van der Waals surface area contributed by atoms with Crippen molar-refractivity contribution in [1.29, 1.82) is 0 Å². The predicted molar refractivity (Wildman–Crippen MR) is 304 cm³/mol. The van der Waals surface area contributed by atoms with Crippen LogP contribution in [0.25, 0.3) is 22.0 Å². The SMILES string of the molecule is C=CC(=O)N1CCN(c2nc(NCCC(=O)NCCOCCOCCNC(C)C(=O)NC(C(=O)N3CCC[C@H]3C(=O)Nc3snnc3-c3ccccc3)C3CCCCC3)nc3c2CCN(c2cc(O)cc4ccccc24)C3)CC1. The van der Waals surface area contributed by atoms with Crippen molar-refractivity contribution in [1.82, 2.24) is 45.3 Å². The second-order valence-corrected chi connectivity index (χ2v) is 21.2. The normalized spacial score (nSPS) is 17.5. The third kappa shape index (κ3) is 14.5. The zero-order valence-electron chi connectivity index (χ0n) is 45.0. The Hall–Kier alpha value is -7.27. The summed E-state index contributed by atoms with van der Waals surface area (Å²) in [6.07, 6.45) is 8.14. The third-order valence-corrected chi connectivity index (χ3v) is 15.9. The highest BCUT2D eigenvalue weighted by atomic mass is 32.1. The van der Waals surface area contributed by atoms with Gasteiger partial charge < -0.3 is 60.8 Å². The highest BCUT2D eigenvalue weighted by molar-refractivity contribution is 7.10. The number of hydrogen-bond donors (Lipinski definition) is 6. The van der Waals surface area contributed by atoms with Crippen LogP contribution in [0.15, 0.2) is 79.4 Å². The van der Waals surface area contributed by atoms with Crippen molar-refractivity contribution in [3.63, 3.8) is 0 Å². The standard InChI is InChI=1S/C57H73N13O8S/c1-3-49(73)67-27-29-68(30-28-67)52-44-21-26-69(47-36-42(71)35-41-17-10-11-18-43(41)47)37-45(44)61-57(63-52)60-22-20-48(72)59-24-32-78-34-33-77-31-23-58-38(2)53(74)62-51(40-15-8-5-9-16-40)56(76)70-25-12-19-46(70)54(75)64-55-50(65-66-79-55)39-13-6-4-7-14-39/h3-4,6-7,10-11,13-14,17-18,35-36,38,40,46,51,58,71H,1,5,8-9,12,15-16,19-34,37H2,2H3,(H,59,72)(H,62,74)(H,64,75)(H,60,61,63)/t38?,46-,51?/m0/s1. The van der Waals surface area contributed by atoms with Gasteiger partial charge in [0.15, 0.2) is 0 Å². The van der Waals surface area contributed by atoms with E-state index in [0.29, 0.717) is 128 Å². The van der Waals surface area contributed by atoms with Gasteiger partial charge in [-0.15, -0.1) is 5.10 Å². The van der Waals surface area contributed by atoms with Crippen LogP contribution in [0.5, 0.6) is 5.75 Å². The number of benzene rings is 3. The molecule has 5 aromatic rings. The quantitative estimate of drug-likeness (QED) is 0.0356. The summed E-state index contributed by atoms with van der Waals surface area (Å²) in [7, 11) is 0. The predicted octanol–water partition coefficient (Wildman–Crippen LogP) is 4.88. The average Bonchev–Trinajstić information content (AvgIpc) is 4.22. The van der Waals surface area contributed by atoms with Crippen LogP contribution in [0, 0.1) is 5.92 Å². The van der Waals surface area contributed by atoms with Crippen molar-refractivity contribution in [2.75, 3.05) is 106 Å². The number of aromatic nitrogens is 4. The maximum atomic E-state index is 14.4. The Balaban J connectivity index is 0.679. The molecule has 79 heavy (non-hydrogen) atoms. The summed E-state index contributed by atoms with van der Waals surface area (Å²) in [4.78, 5) is 84.8. The first-order chi connectivity index (χ1) is 38.5. The number of anilines is 4. The monoisotopic (exact) mass is 1100 g/mol. The molecule has 4 aliphatic rings. The Kier molecular flexibility index (Phi) is 19.7. The van der Waals surface area contributed by atoms with Crippen molar-refractivity contribution >= 4 is 74.3 Å². The number of piperazine rings is 1. The van der Waals surface area contributed by atoms with Crippen LogP contribution < -0.4 is 36.4 Å². The first kappa shape index (κ1) is 56.5. The molecule has 0 bridgehead atoms. The molecule has 2 unspecified atom stereocenters. The van der Waals surface area contributed by atoms with Gasteiger partial charge in [0.1, 0.15) is 34.3 Å². The molecule has 22 heteroatoms. The first-order valence-electron chi connectivity index (χ1n) is 27.8.